The molecule has 1 atom stereocenters. The Morgan fingerprint density at radius 2 is 1.84 bits per heavy atom. The summed E-state index contributed by atoms with van der Waals surface area (Å²) >= 11 is 0. The quantitative estimate of drug-likeness (QED) is 0.775. The highest BCUT2D eigenvalue weighted by Gasteiger charge is 2.32. The Balaban J connectivity index is 1.59. The average molecular weight is 371 g/mol. The number of sulfonamides is 1. The molecule has 0 spiro atoms. The fraction of sp³-hybridized carbons (Fsp3) is 0.600. The monoisotopic (exact) mass is 371 g/mol. The smallest absolute Gasteiger partial charge is 0.289 e. The Kier molecular flexibility index (Phi) is 5.11. The number of carbonyl (C=O) groups excluding carboxylic acids is 2. The maximum Gasteiger partial charge on any atom is 0.289 e. The van der Waals surface area contributed by atoms with E-state index in [-0.39, 0.29) is 28.8 Å². The zero-order valence-electron chi connectivity index (χ0n) is 13.9. The summed E-state index contributed by atoms with van der Waals surface area (Å²) in [4.78, 5) is 28.0. The molecule has 2 fully saturated rings. The lowest BCUT2D eigenvalue weighted by Crippen LogP contribution is -2.52. The summed E-state index contributed by atoms with van der Waals surface area (Å²) in [6, 6.07) is 2.59. The number of rotatable bonds is 4. The zero-order chi connectivity index (χ0) is 18.0. The van der Waals surface area contributed by atoms with Crippen molar-refractivity contribution in [3.8, 4) is 0 Å². The van der Waals surface area contributed by atoms with Gasteiger partial charge in [-0.15, -0.1) is 0 Å². The van der Waals surface area contributed by atoms with E-state index < -0.39 is 10.0 Å². The molecule has 1 aromatic heterocycles. The van der Waals surface area contributed by atoms with Crippen LogP contribution in [0.2, 0.25) is 0 Å². The Bertz CT molecular complexity index is 745. The second-order valence-electron chi connectivity index (χ2n) is 5.95. The van der Waals surface area contributed by atoms with Gasteiger partial charge in [-0.05, 0) is 32.0 Å². The van der Waals surface area contributed by atoms with Gasteiger partial charge in [0.05, 0.1) is 0 Å². The molecular formula is C15H21N3O6S. The number of nitrogens with zero attached hydrogens (tertiary/aromatic N) is 2. The lowest BCUT2D eigenvalue weighted by atomic mass is 10.2. The SMILES string of the molecule is CNS(=O)(=O)c1ccc(C(=O)N2CCN(C(=O)C3CCCO3)CC2)o1. The van der Waals surface area contributed by atoms with Crippen LogP contribution in [0.5, 0.6) is 0 Å². The molecule has 2 aliphatic rings. The molecule has 10 heteroatoms. The van der Waals surface area contributed by atoms with E-state index in [0.29, 0.717) is 32.8 Å². The van der Waals surface area contributed by atoms with E-state index in [1.54, 1.807) is 9.80 Å². The largest absolute Gasteiger partial charge is 0.438 e. The average Bonchev–Trinajstić information content (AvgIpc) is 3.32. The number of amides is 2. The van der Waals surface area contributed by atoms with Crippen LogP contribution in [-0.2, 0) is 19.6 Å². The number of hydrogen-bond donors (Lipinski definition) is 1. The Labute approximate surface area is 145 Å². The van der Waals surface area contributed by atoms with Crippen molar-refractivity contribution in [2.24, 2.45) is 0 Å². The number of piperazine rings is 1. The van der Waals surface area contributed by atoms with Gasteiger partial charge in [0.15, 0.2) is 5.76 Å². The standard InChI is InChI=1S/C15H21N3O6S/c1-16-25(21,22)13-5-4-12(24-13)15(20)18-8-6-17(7-9-18)14(19)11-3-2-10-23-11/h4-5,11,16H,2-3,6-10H2,1H3. The Morgan fingerprint density at radius 1 is 1.16 bits per heavy atom. The fourth-order valence-corrected chi connectivity index (χ4v) is 3.59. The minimum absolute atomic E-state index is 0.0232. The van der Waals surface area contributed by atoms with Gasteiger partial charge in [-0.1, -0.05) is 0 Å². The number of hydrogen-bond acceptors (Lipinski definition) is 6. The summed E-state index contributed by atoms with van der Waals surface area (Å²) in [5.41, 5.74) is 0. The molecule has 3 heterocycles. The number of ether oxygens (including phenoxy) is 1. The van der Waals surface area contributed by atoms with Crippen LogP contribution >= 0.6 is 0 Å². The highest BCUT2D eigenvalue weighted by molar-refractivity contribution is 7.89. The first-order valence-electron chi connectivity index (χ1n) is 8.15. The van der Waals surface area contributed by atoms with Crippen molar-refractivity contribution < 1.29 is 27.2 Å². The van der Waals surface area contributed by atoms with Crippen LogP contribution in [0.4, 0.5) is 0 Å². The third-order valence-electron chi connectivity index (χ3n) is 4.41. The van der Waals surface area contributed by atoms with Crippen LogP contribution in [0, 0.1) is 0 Å². The molecule has 2 saturated heterocycles. The van der Waals surface area contributed by atoms with Gasteiger partial charge in [-0.2, -0.15) is 0 Å². The van der Waals surface area contributed by atoms with Gasteiger partial charge >= 0.3 is 0 Å². The predicted octanol–water partition coefficient (Wildman–Crippen LogP) is -0.349. The molecule has 2 aliphatic heterocycles. The van der Waals surface area contributed by atoms with E-state index in [9.17, 15) is 18.0 Å². The molecule has 0 aromatic carbocycles. The van der Waals surface area contributed by atoms with Crippen molar-refractivity contribution in [2.75, 3.05) is 39.8 Å². The minimum atomic E-state index is -3.73. The topological polar surface area (TPSA) is 109 Å². The lowest BCUT2D eigenvalue weighted by Gasteiger charge is -2.35. The summed E-state index contributed by atoms with van der Waals surface area (Å²) < 4.78 is 36.0. The number of furan rings is 1. The first-order valence-corrected chi connectivity index (χ1v) is 9.64. The van der Waals surface area contributed by atoms with Gasteiger partial charge < -0.3 is 19.0 Å². The van der Waals surface area contributed by atoms with Crippen molar-refractivity contribution in [1.29, 1.82) is 0 Å². The Hall–Kier alpha value is -1.91. The van der Waals surface area contributed by atoms with Crippen LogP contribution in [-0.4, -0.2) is 76.0 Å². The predicted molar refractivity (Wildman–Crippen MR) is 86.4 cm³/mol. The highest BCUT2D eigenvalue weighted by atomic mass is 32.2. The van der Waals surface area contributed by atoms with Gasteiger partial charge in [0.25, 0.3) is 21.8 Å². The van der Waals surface area contributed by atoms with E-state index in [0.717, 1.165) is 12.8 Å². The maximum absolute atomic E-state index is 12.4. The van der Waals surface area contributed by atoms with Crippen LogP contribution in [0.1, 0.15) is 23.4 Å². The molecule has 25 heavy (non-hydrogen) atoms. The van der Waals surface area contributed by atoms with E-state index in [2.05, 4.69) is 4.72 Å². The molecule has 0 bridgehead atoms. The Morgan fingerprint density at radius 3 is 2.44 bits per heavy atom. The molecule has 1 aromatic rings. The summed E-state index contributed by atoms with van der Waals surface area (Å²) in [7, 11) is -2.46. The molecule has 2 amide bonds. The van der Waals surface area contributed by atoms with Crippen molar-refractivity contribution in [1.82, 2.24) is 14.5 Å². The van der Waals surface area contributed by atoms with Crippen molar-refractivity contribution in [3.63, 3.8) is 0 Å². The van der Waals surface area contributed by atoms with Gasteiger partial charge in [0.1, 0.15) is 6.10 Å². The maximum atomic E-state index is 12.4. The summed E-state index contributed by atoms with van der Waals surface area (Å²) in [5.74, 6) is -0.445. The summed E-state index contributed by atoms with van der Waals surface area (Å²) in [5, 5.41) is -0.300. The first kappa shape index (κ1) is 17.9. The van der Waals surface area contributed by atoms with Gasteiger partial charge in [-0.25, -0.2) is 13.1 Å². The lowest BCUT2D eigenvalue weighted by molar-refractivity contribution is -0.142. The molecule has 0 aliphatic carbocycles. The molecular weight excluding hydrogens is 350 g/mol. The van der Waals surface area contributed by atoms with Gasteiger partial charge in [0.2, 0.25) is 5.09 Å². The third-order valence-corrected chi connectivity index (χ3v) is 5.70. The van der Waals surface area contributed by atoms with Crippen molar-refractivity contribution >= 4 is 21.8 Å². The van der Waals surface area contributed by atoms with Crippen molar-refractivity contribution in [3.05, 3.63) is 17.9 Å². The van der Waals surface area contributed by atoms with Gasteiger partial charge in [-0.3, -0.25) is 9.59 Å². The second kappa shape index (κ2) is 7.14. The van der Waals surface area contributed by atoms with Crippen molar-refractivity contribution in [2.45, 2.75) is 24.0 Å². The van der Waals surface area contributed by atoms with Crippen LogP contribution in [0.25, 0.3) is 0 Å². The fourth-order valence-electron chi connectivity index (χ4n) is 2.94. The van der Waals surface area contributed by atoms with E-state index >= 15 is 0 Å². The van der Waals surface area contributed by atoms with Gasteiger partial charge in [0, 0.05) is 32.8 Å². The molecule has 9 nitrogen and oxygen atoms in total. The summed E-state index contributed by atoms with van der Waals surface area (Å²) in [6.07, 6.45) is 1.28. The van der Waals surface area contributed by atoms with Crippen LogP contribution in [0.15, 0.2) is 21.6 Å². The van der Waals surface area contributed by atoms with E-state index in [4.69, 9.17) is 9.15 Å². The van der Waals surface area contributed by atoms with E-state index in [1.165, 1.54) is 19.2 Å². The highest BCUT2D eigenvalue weighted by Crippen LogP contribution is 2.18. The number of carbonyl (C=O) groups is 2. The molecule has 138 valence electrons. The molecule has 0 radical (unpaired) electrons. The second-order valence-corrected chi connectivity index (χ2v) is 7.76. The molecule has 3 rings (SSSR count). The minimum Gasteiger partial charge on any atom is -0.438 e. The van der Waals surface area contributed by atoms with E-state index in [1.807, 2.05) is 0 Å². The summed E-state index contributed by atoms with van der Waals surface area (Å²) in [6.45, 7) is 2.20. The third kappa shape index (κ3) is 3.70. The normalized spacial score (nSPS) is 21.6. The van der Waals surface area contributed by atoms with Crippen LogP contribution < -0.4 is 4.72 Å². The first-order chi connectivity index (χ1) is 11.9. The molecule has 0 saturated carbocycles. The molecule has 1 unspecified atom stereocenters. The molecule has 1 N–H and O–H groups in total. The van der Waals surface area contributed by atoms with Crippen LogP contribution in [0.3, 0.4) is 0 Å². The zero-order valence-corrected chi connectivity index (χ0v) is 14.8. The number of nitrogens with one attached hydrogen (secondary N) is 1.